The van der Waals surface area contributed by atoms with E-state index in [0.29, 0.717) is 11.8 Å². The number of hydrogen-bond acceptors (Lipinski definition) is 6. The van der Waals surface area contributed by atoms with Crippen LogP contribution in [-0.4, -0.2) is 37.8 Å². The molecule has 0 aliphatic carbocycles. The largest absolute Gasteiger partial charge is 0.384 e. The fraction of sp³-hybridized carbons (Fsp3) is 0.333. The number of rotatable bonds is 3. The Balaban J connectivity index is 1.76. The smallest absolute Gasteiger partial charge is 0.253 e. The van der Waals surface area contributed by atoms with Crippen molar-refractivity contribution in [2.24, 2.45) is 0 Å². The average molecular weight is 335 g/mol. The molecule has 4 heterocycles. The first-order chi connectivity index (χ1) is 12.1. The van der Waals surface area contributed by atoms with Crippen molar-refractivity contribution in [1.29, 1.82) is 0 Å². The van der Waals surface area contributed by atoms with Crippen LogP contribution < -0.4 is 10.6 Å². The molecule has 0 amide bonds. The van der Waals surface area contributed by atoms with Crippen molar-refractivity contribution in [2.75, 3.05) is 23.7 Å². The summed E-state index contributed by atoms with van der Waals surface area (Å²) >= 11 is 0. The van der Waals surface area contributed by atoms with E-state index in [4.69, 9.17) is 5.73 Å². The standard InChI is InChI=1S/C18H21N7/c1-12-9-13(2)25(23-12)18-21-15(11-16(19)22-18)14-5-6-20-17(10-14)24-7-3-4-8-24/h5-6,9-11H,3-4,7-8H2,1-2H3,(H2,19,21,22). The molecule has 0 saturated carbocycles. The third-order valence-electron chi connectivity index (χ3n) is 4.40. The molecule has 0 atom stereocenters. The molecule has 3 aromatic heterocycles. The number of anilines is 2. The van der Waals surface area contributed by atoms with Crippen LogP contribution in [0.15, 0.2) is 30.5 Å². The minimum atomic E-state index is 0.423. The van der Waals surface area contributed by atoms with Crippen LogP contribution in [0.4, 0.5) is 11.6 Å². The molecule has 0 radical (unpaired) electrons. The van der Waals surface area contributed by atoms with E-state index in [9.17, 15) is 0 Å². The molecule has 7 heteroatoms. The third-order valence-corrected chi connectivity index (χ3v) is 4.40. The molecule has 0 spiro atoms. The van der Waals surface area contributed by atoms with Gasteiger partial charge >= 0.3 is 0 Å². The second-order valence-electron chi connectivity index (χ2n) is 6.41. The third kappa shape index (κ3) is 3.05. The number of aromatic nitrogens is 5. The molecular formula is C18H21N7. The number of nitrogens with zero attached hydrogens (tertiary/aromatic N) is 6. The minimum Gasteiger partial charge on any atom is -0.384 e. The molecule has 0 bridgehead atoms. The molecule has 7 nitrogen and oxygen atoms in total. The van der Waals surface area contributed by atoms with Gasteiger partial charge in [0.1, 0.15) is 11.6 Å². The van der Waals surface area contributed by atoms with Crippen molar-refractivity contribution >= 4 is 11.6 Å². The molecule has 3 aromatic rings. The van der Waals surface area contributed by atoms with Gasteiger partial charge in [-0.3, -0.25) is 0 Å². The number of nitrogens with two attached hydrogens (primary N) is 1. The molecule has 0 unspecified atom stereocenters. The number of hydrogen-bond donors (Lipinski definition) is 1. The van der Waals surface area contributed by atoms with Crippen LogP contribution in [0.3, 0.4) is 0 Å². The Morgan fingerprint density at radius 3 is 2.56 bits per heavy atom. The molecule has 25 heavy (non-hydrogen) atoms. The molecule has 1 aliphatic rings. The van der Waals surface area contributed by atoms with Crippen molar-refractivity contribution in [1.82, 2.24) is 24.7 Å². The Morgan fingerprint density at radius 2 is 1.84 bits per heavy atom. The maximum Gasteiger partial charge on any atom is 0.253 e. The van der Waals surface area contributed by atoms with Gasteiger partial charge in [-0.1, -0.05) is 0 Å². The van der Waals surface area contributed by atoms with Crippen LogP contribution in [0.1, 0.15) is 24.2 Å². The molecule has 1 saturated heterocycles. The Bertz CT molecular complexity index is 910. The zero-order chi connectivity index (χ0) is 17.4. The molecule has 0 aromatic carbocycles. The Kier molecular flexibility index (Phi) is 3.83. The topological polar surface area (TPSA) is 85.8 Å². The van der Waals surface area contributed by atoms with Crippen molar-refractivity contribution in [2.45, 2.75) is 26.7 Å². The van der Waals surface area contributed by atoms with E-state index < -0.39 is 0 Å². The first kappa shape index (κ1) is 15.6. The minimum absolute atomic E-state index is 0.423. The monoisotopic (exact) mass is 335 g/mol. The maximum absolute atomic E-state index is 6.03. The zero-order valence-electron chi connectivity index (χ0n) is 14.5. The summed E-state index contributed by atoms with van der Waals surface area (Å²) in [7, 11) is 0. The lowest BCUT2D eigenvalue weighted by Crippen LogP contribution is -2.18. The molecule has 1 aliphatic heterocycles. The summed E-state index contributed by atoms with van der Waals surface area (Å²) in [5, 5.41) is 4.45. The van der Waals surface area contributed by atoms with Gasteiger partial charge < -0.3 is 10.6 Å². The fourth-order valence-corrected chi connectivity index (χ4v) is 3.22. The van der Waals surface area contributed by atoms with Gasteiger partial charge in [0, 0.05) is 36.6 Å². The SMILES string of the molecule is Cc1cc(C)n(-c2nc(N)cc(-c3ccnc(N4CCCC4)c3)n2)n1. The molecular weight excluding hydrogens is 314 g/mol. The average Bonchev–Trinajstić information content (AvgIpc) is 3.24. The van der Waals surface area contributed by atoms with E-state index in [1.54, 1.807) is 10.7 Å². The molecule has 4 rings (SSSR count). The van der Waals surface area contributed by atoms with Gasteiger partial charge in [-0.15, -0.1) is 0 Å². The van der Waals surface area contributed by atoms with E-state index >= 15 is 0 Å². The van der Waals surface area contributed by atoms with Crippen LogP contribution in [0.2, 0.25) is 0 Å². The van der Waals surface area contributed by atoms with Crippen molar-refractivity contribution < 1.29 is 0 Å². The van der Waals surface area contributed by atoms with Crippen molar-refractivity contribution in [3.63, 3.8) is 0 Å². The fourth-order valence-electron chi connectivity index (χ4n) is 3.22. The van der Waals surface area contributed by atoms with Crippen molar-refractivity contribution in [3.05, 3.63) is 41.9 Å². The number of aryl methyl sites for hydroxylation is 2. The van der Waals surface area contributed by atoms with Gasteiger partial charge in [0.25, 0.3) is 5.95 Å². The lowest BCUT2D eigenvalue weighted by atomic mass is 10.2. The summed E-state index contributed by atoms with van der Waals surface area (Å²) in [6.07, 6.45) is 4.26. The van der Waals surface area contributed by atoms with Gasteiger partial charge in [-0.2, -0.15) is 10.1 Å². The summed E-state index contributed by atoms with van der Waals surface area (Å²) in [6.45, 7) is 6.03. The normalized spacial score (nSPS) is 14.2. The predicted molar refractivity (Wildman–Crippen MR) is 97.7 cm³/mol. The Labute approximate surface area is 146 Å². The first-order valence-corrected chi connectivity index (χ1v) is 8.50. The summed E-state index contributed by atoms with van der Waals surface area (Å²) in [5.74, 6) is 1.90. The molecule has 128 valence electrons. The lowest BCUT2D eigenvalue weighted by Gasteiger charge is -2.17. The first-order valence-electron chi connectivity index (χ1n) is 8.50. The summed E-state index contributed by atoms with van der Waals surface area (Å²) < 4.78 is 1.72. The highest BCUT2D eigenvalue weighted by Crippen LogP contribution is 2.25. The van der Waals surface area contributed by atoms with E-state index in [1.165, 1.54) is 12.8 Å². The van der Waals surface area contributed by atoms with Crippen molar-refractivity contribution in [3.8, 4) is 17.2 Å². The highest BCUT2D eigenvalue weighted by Gasteiger charge is 2.15. The number of pyridine rings is 1. The number of nitrogen functional groups attached to an aromatic ring is 1. The van der Waals surface area contributed by atoms with Gasteiger partial charge in [0.15, 0.2) is 0 Å². The zero-order valence-corrected chi connectivity index (χ0v) is 14.5. The van der Waals surface area contributed by atoms with Crippen LogP contribution in [0.5, 0.6) is 0 Å². The Morgan fingerprint density at radius 1 is 1.04 bits per heavy atom. The summed E-state index contributed by atoms with van der Waals surface area (Å²) in [4.78, 5) is 15.8. The van der Waals surface area contributed by atoms with Gasteiger partial charge in [-0.25, -0.2) is 14.6 Å². The van der Waals surface area contributed by atoms with E-state index in [0.717, 1.165) is 41.6 Å². The predicted octanol–water partition coefficient (Wildman–Crippen LogP) is 2.52. The van der Waals surface area contributed by atoms with E-state index in [-0.39, 0.29) is 0 Å². The van der Waals surface area contributed by atoms with Gasteiger partial charge in [0.05, 0.1) is 11.4 Å². The van der Waals surface area contributed by atoms with Crippen LogP contribution in [-0.2, 0) is 0 Å². The van der Waals surface area contributed by atoms with E-state index in [1.807, 2.05) is 32.2 Å². The maximum atomic E-state index is 6.03. The second-order valence-corrected chi connectivity index (χ2v) is 6.41. The van der Waals surface area contributed by atoms with Crippen LogP contribution in [0, 0.1) is 13.8 Å². The molecule has 2 N–H and O–H groups in total. The Hall–Kier alpha value is -2.96. The summed E-state index contributed by atoms with van der Waals surface area (Å²) in [5.41, 5.74) is 9.68. The summed E-state index contributed by atoms with van der Waals surface area (Å²) in [6, 6.07) is 7.80. The highest BCUT2D eigenvalue weighted by molar-refractivity contribution is 5.66. The highest BCUT2D eigenvalue weighted by atomic mass is 15.4. The van der Waals surface area contributed by atoms with Gasteiger partial charge in [0.2, 0.25) is 0 Å². The van der Waals surface area contributed by atoms with Gasteiger partial charge in [-0.05, 0) is 44.9 Å². The second kappa shape index (κ2) is 6.16. The van der Waals surface area contributed by atoms with Crippen LogP contribution in [0.25, 0.3) is 17.2 Å². The quantitative estimate of drug-likeness (QED) is 0.791. The van der Waals surface area contributed by atoms with Crippen LogP contribution >= 0.6 is 0 Å². The molecule has 1 fully saturated rings. The lowest BCUT2D eigenvalue weighted by molar-refractivity contribution is 0.777. The van der Waals surface area contributed by atoms with E-state index in [2.05, 4.69) is 31.0 Å².